The Labute approximate surface area is 134 Å². The fraction of sp³-hybridized carbons (Fsp3) is 0.133. The van der Waals surface area contributed by atoms with E-state index in [2.05, 4.69) is 31.9 Å². The highest BCUT2D eigenvalue weighted by Gasteiger charge is 2.36. The summed E-state index contributed by atoms with van der Waals surface area (Å²) in [4.78, 5) is 14.1. The van der Waals surface area contributed by atoms with Crippen LogP contribution in [0.15, 0.2) is 51.4 Å². The van der Waals surface area contributed by atoms with E-state index < -0.39 is 6.04 Å². The number of rotatable bonds is 2. The van der Waals surface area contributed by atoms with Crippen molar-refractivity contribution in [3.63, 3.8) is 0 Å². The third-order valence-corrected chi connectivity index (χ3v) is 4.64. The quantitative estimate of drug-likeness (QED) is 0.841. The lowest BCUT2D eigenvalue weighted by molar-refractivity contribution is -0.119. The number of benzene rings is 2. The van der Waals surface area contributed by atoms with Crippen molar-refractivity contribution in [3.05, 3.63) is 62.5 Å². The van der Waals surface area contributed by atoms with Crippen molar-refractivity contribution < 1.29 is 4.79 Å². The molecule has 1 amide bonds. The Bertz CT molecular complexity index is 670. The molecule has 1 heterocycles. The molecule has 2 aromatic rings. The number of carbonyl (C=O) groups is 1. The van der Waals surface area contributed by atoms with Gasteiger partial charge in [0.1, 0.15) is 6.04 Å². The second-order valence-corrected chi connectivity index (χ2v) is 6.47. The highest BCUT2D eigenvalue weighted by atomic mass is 79.9. The average molecular weight is 396 g/mol. The summed E-state index contributed by atoms with van der Waals surface area (Å²) < 4.78 is 1.91. The van der Waals surface area contributed by atoms with Crippen LogP contribution in [0.25, 0.3) is 0 Å². The molecular weight excluding hydrogens is 384 g/mol. The van der Waals surface area contributed by atoms with Gasteiger partial charge in [0.25, 0.3) is 0 Å². The minimum absolute atomic E-state index is 0.0604. The van der Waals surface area contributed by atoms with Crippen molar-refractivity contribution in [1.29, 1.82) is 0 Å². The van der Waals surface area contributed by atoms with Crippen molar-refractivity contribution in [2.75, 3.05) is 4.90 Å². The molecule has 20 heavy (non-hydrogen) atoms. The molecule has 3 rings (SSSR count). The first kappa shape index (κ1) is 13.8. The molecule has 0 radical (unpaired) electrons. The first-order valence-electron chi connectivity index (χ1n) is 6.18. The fourth-order valence-electron chi connectivity index (χ4n) is 2.41. The van der Waals surface area contributed by atoms with Gasteiger partial charge in [-0.3, -0.25) is 4.79 Å². The average Bonchev–Trinajstić information content (AvgIpc) is 2.67. The summed E-state index contributed by atoms with van der Waals surface area (Å²) in [6.45, 7) is 0.531. The summed E-state index contributed by atoms with van der Waals surface area (Å²) in [5.41, 5.74) is 8.86. The summed E-state index contributed by atoms with van der Waals surface area (Å²) in [6.07, 6.45) is 0. The first-order chi connectivity index (χ1) is 9.58. The molecule has 0 fully saturated rings. The van der Waals surface area contributed by atoms with Gasteiger partial charge in [-0.25, -0.2) is 0 Å². The van der Waals surface area contributed by atoms with E-state index in [1.54, 1.807) is 4.90 Å². The maximum atomic E-state index is 12.4. The van der Waals surface area contributed by atoms with Gasteiger partial charge < -0.3 is 10.6 Å². The third kappa shape index (κ3) is 2.30. The molecule has 5 heteroatoms. The molecule has 0 aromatic heterocycles. The molecule has 1 aliphatic heterocycles. The van der Waals surface area contributed by atoms with Crippen molar-refractivity contribution in [2.24, 2.45) is 5.73 Å². The van der Waals surface area contributed by atoms with Crippen LogP contribution in [-0.2, 0) is 11.3 Å². The molecule has 0 saturated heterocycles. The lowest BCUT2D eigenvalue weighted by Crippen LogP contribution is -2.31. The van der Waals surface area contributed by atoms with E-state index in [0.29, 0.717) is 6.54 Å². The molecular formula is C15H12Br2N2O. The standard InChI is InChI=1S/C15H12Br2N2O/c16-10-6-4-9(5-7-10)8-19-12-3-1-2-11(17)13(12)14(18)15(19)20/h1-7,14H,8,18H2. The van der Waals surface area contributed by atoms with Gasteiger partial charge in [-0.1, -0.05) is 50.1 Å². The number of nitrogens with two attached hydrogens (primary N) is 1. The molecule has 0 aliphatic carbocycles. The summed E-state index contributed by atoms with van der Waals surface area (Å²) in [5.74, 6) is -0.0604. The Balaban J connectivity index is 1.97. The van der Waals surface area contributed by atoms with Gasteiger partial charge in [-0.05, 0) is 29.8 Å². The maximum absolute atomic E-state index is 12.4. The molecule has 0 bridgehead atoms. The Kier molecular flexibility index (Phi) is 3.67. The number of hydrogen-bond donors (Lipinski definition) is 1. The van der Waals surface area contributed by atoms with Crippen molar-refractivity contribution in [2.45, 2.75) is 12.6 Å². The van der Waals surface area contributed by atoms with Crippen LogP contribution in [0.1, 0.15) is 17.2 Å². The molecule has 2 aromatic carbocycles. The van der Waals surface area contributed by atoms with Gasteiger partial charge in [0.2, 0.25) is 5.91 Å². The van der Waals surface area contributed by atoms with Crippen LogP contribution in [0.5, 0.6) is 0 Å². The minimum Gasteiger partial charge on any atom is -0.316 e. The first-order valence-corrected chi connectivity index (χ1v) is 7.76. The summed E-state index contributed by atoms with van der Waals surface area (Å²) in [5, 5.41) is 0. The lowest BCUT2D eigenvalue weighted by Gasteiger charge is -2.17. The second-order valence-electron chi connectivity index (χ2n) is 4.70. The van der Waals surface area contributed by atoms with E-state index in [4.69, 9.17) is 5.73 Å². The third-order valence-electron chi connectivity index (χ3n) is 3.42. The molecule has 0 spiro atoms. The summed E-state index contributed by atoms with van der Waals surface area (Å²) >= 11 is 6.88. The molecule has 2 N–H and O–H groups in total. The minimum atomic E-state index is -0.587. The maximum Gasteiger partial charge on any atom is 0.248 e. The normalized spacial score (nSPS) is 17.4. The van der Waals surface area contributed by atoms with E-state index in [1.807, 2.05) is 42.5 Å². The topological polar surface area (TPSA) is 46.3 Å². The second kappa shape index (κ2) is 5.31. The monoisotopic (exact) mass is 394 g/mol. The van der Waals surface area contributed by atoms with E-state index in [-0.39, 0.29) is 5.91 Å². The molecule has 1 aliphatic rings. The zero-order valence-electron chi connectivity index (χ0n) is 10.5. The van der Waals surface area contributed by atoms with Gasteiger partial charge in [-0.2, -0.15) is 0 Å². The molecule has 0 saturated carbocycles. The van der Waals surface area contributed by atoms with Crippen LogP contribution < -0.4 is 10.6 Å². The molecule has 3 nitrogen and oxygen atoms in total. The molecule has 1 atom stereocenters. The number of amides is 1. The smallest absolute Gasteiger partial charge is 0.248 e. The van der Waals surface area contributed by atoms with Gasteiger partial charge in [0.05, 0.1) is 12.2 Å². The van der Waals surface area contributed by atoms with E-state index >= 15 is 0 Å². The van der Waals surface area contributed by atoms with Gasteiger partial charge in [-0.15, -0.1) is 0 Å². The zero-order valence-corrected chi connectivity index (χ0v) is 13.7. The van der Waals surface area contributed by atoms with Crippen molar-refractivity contribution in [3.8, 4) is 0 Å². The lowest BCUT2D eigenvalue weighted by atomic mass is 10.1. The van der Waals surface area contributed by atoms with E-state index in [1.165, 1.54) is 0 Å². The molecule has 1 unspecified atom stereocenters. The number of carbonyl (C=O) groups excluding carboxylic acids is 1. The van der Waals surface area contributed by atoms with Gasteiger partial charge in [0.15, 0.2) is 0 Å². The Morgan fingerprint density at radius 1 is 1.10 bits per heavy atom. The molecule has 102 valence electrons. The predicted molar refractivity (Wildman–Crippen MR) is 86.4 cm³/mol. The van der Waals surface area contributed by atoms with Crippen LogP contribution in [0, 0.1) is 0 Å². The zero-order chi connectivity index (χ0) is 14.3. The highest BCUT2D eigenvalue weighted by molar-refractivity contribution is 9.10. The summed E-state index contributed by atoms with van der Waals surface area (Å²) in [6, 6.07) is 13.1. The predicted octanol–water partition coefficient (Wildman–Crippen LogP) is 3.76. The van der Waals surface area contributed by atoms with Crippen LogP contribution in [0.3, 0.4) is 0 Å². The Morgan fingerprint density at radius 3 is 2.50 bits per heavy atom. The fourth-order valence-corrected chi connectivity index (χ4v) is 3.28. The van der Waals surface area contributed by atoms with Crippen LogP contribution in [0.4, 0.5) is 5.69 Å². The number of hydrogen-bond acceptors (Lipinski definition) is 2. The van der Waals surface area contributed by atoms with Crippen LogP contribution >= 0.6 is 31.9 Å². The number of anilines is 1. The van der Waals surface area contributed by atoms with Crippen molar-refractivity contribution in [1.82, 2.24) is 0 Å². The van der Waals surface area contributed by atoms with E-state index in [9.17, 15) is 4.79 Å². The van der Waals surface area contributed by atoms with Gasteiger partial charge >= 0.3 is 0 Å². The SMILES string of the molecule is NC1C(=O)N(Cc2ccc(Br)cc2)c2cccc(Br)c21. The Hall–Kier alpha value is -1.17. The van der Waals surface area contributed by atoms with Crippen molar-refractivity contribution >= 4 is 43.5 Å². The van der Waals surface area contributed by atoms with Crippen LogP contribution in [-0.4, -0.2) is 5.91 Å². The number of fused-ring (bicyclic) bond motifs is 1. The Morgan fingerprint density at radius 2 is 1.80 bits per heavy atom. The number of nitrogens with zero attached hydrogens (tertiary/aromatic N) is 1. The van der Waals surface area contributed by atoms with Gasteiger partial charge in [0, 0.05) is 14.5 Å². The largest absolute Gasteiger partial charge is 0.316 e. The highest BCUT2D eigenvalue weighted by Crippen LogP contribution is 2.39. The van der Waals surface area contributed by atoms with Crippen LogP contribution in [0.2, 0.25) is 0 Å². The van der Waals surface area contributed by atoms with E-state index in [0.717, 1.165) is 25.8 Å². The summed E-state index contributed by atoms with van der Waals surface area (Å²) in [7, 11) is 0. The number of halogens is 2.